The first-order chi connectivity index (χ1) is 4.22. The Morgan fingerprint density at radius 3 is 2.44 bits per heavy atom. The third kappa shape index (κ3) is 3.21. The van der Waals surface area contributed by atoms with E-state index >= 15 is 0 Å². The lowest BCUT2D eigenvalue weighted by Gasteiger charge is -2.07. The smallest absolute Gasteiger partial charge is 0.136 e. The minimum Gasteiger partial charge on any atom is -0.384 e. The number of ketones is 1. The van der Waals surface area contributed by atoms with Gasteiger partial charge in [0.15, 0.2) is 0 Å². The zero-order chi connectivity index (χ0) is 7.28. The van der Waals surface area contributed by atoms with Gasteiger partial charge >= 0.3 is 0 Å². The Labute approximate surface area is 55.2 Å². The average Bonchev–Trinajstić information content (AvgIpc) is 1.82. The molecule has 0 aromatic rings. The summed E-state index contributed by atoms with van der Waals surface area (Å²) in [5, 5.41) is 0. The Morgan fingerprint density at radius 1 is 1.78 bits per heavy atom. The maximum Gasteiger partial charge on any atom is 0.136 e. The average molecular weight is 131 g/mol. The van der Waals surface area contributed by atoms with Crippen LogP contribution in [0.25, 0.3) is 0 Å². The highest BCUT2D eigenvalue weighted by atomic mass is 16.5. The van der Waals surface area contributed by atoms with Crippen LogP contribution in [0.5, 0.6) is 0 Å². The summed E-state index contributed by atoms with van der Waals surface area (Å²) in [5.41, 5.74) is 5.26. The molecule has 1 unspecified atom stereocenters. The van der Waals surface area contributed by atoms with Crippen LogP contribution in [0, 0.1) is 5.92 Å². The molecule has 0 aliphatic heterocycles. The first-order valence-electron chi connectivity index (χ1n) is 2.91. The van der Waals surface area contributed by atoms with E-state index in [1.807, 2.05) is 0 Å². The summed E-state index contributed by atoms with van der Waals surface area (Å²) in [4.78, 5) is 10.6. The third-order valence-corrected chi connectivity index (χ3v) is 1.23. The summed E-state index contributed by atoms with van der Waals surface area (Å²) in [5.74, 6) is -0.0191. The summed E-state index contributed by atoms with van der Waals surface area (Å²) < 4.78 is 4.76. The van der Waals surface area contributed by atoms with E-state index in [2.05, 4.69) is 0 Å². The maximum absolute atomic E-state index is 10.6. The first-order valence-corrected chi connectivity index (χ1v) is 2.91. The minimum absolute atomic E-state index is 0.0966. The van der Waals surface area contributed by atoms with Crippen LogP contribution in [-0.4, -0.2) is 26.0 Å². The van der Waals surface area contributed by atoms with Gasteiger partial charge in [0.05, 0.1) is 12.5 Å². The first kappa shape index (κ1) is 8.59. The molecule has 0 fully saturated rings. The number of nitrogens with two attached hydrogens (primary N) is 1. The van der Waals surface area contributed by atoms with Crippen molar-refractivity contribution in [2.45, 2.75) is 6.92 Å². The van der Waals surface area contributed by atoms with Crippen LogP contribution >= 0.6 is 0 Å². The normalized spacial score (nSPS) is 13.2. The molecule has 0 aliphatic rings. The van der Waals surface area contributed by atoms with Gasteiger partial charge in [-0.05, 0) is 6.92 Å². The van der Waals surface area contributed by atoms with E-state index in [4.69, 9.17) is 10.5 Å². The summed E-state index contributed by atoms with van der Waals surface area (Å²) in [6.45, 7) is 2.34. The number of rotatable bonds is 4. The number of ether oxygens (including phenoxy) is 1. The van der Waals surface area contributed by atoms with Crippen molar-refractivity contribution in [3.8, 4) is 0 Å². The lowest BCUT2D eigenvalue weighted by molar-refractivity contribution is -0.121. The molecule has 3 heteroatoms. The van der Waals surface area contributed by atoms with Crippen molar-refractivity contribution in [2.75, 3.05) is 20.3 Å². The number of carbonyl (C=O) groups excluding carboxylic acids is 1. The second kappa shape index (κ2) is 4.47. The highest BCUT2D eigenvalue weighted by Crippen LogP contribution is 1.94. The number of hydrogen-bond acceptors (Lipinski definition) is 3. The molecular weight excluding hydrogens is 118 g/mol. The van der Waals surface area contributed by atoms with E-state index in [0.29, 0.717) is 13.2 Å². The molecule has 54 valence electrons. The number of hydrogen-bond donors (Lipinski definition) is 1. The molecule has 0 rings (SSSR count). The molecule has 0 heterocycles. The molecule has 3 nitrogen and oxygen atoms in total. The molecule has 0 aromatic heterocycles. The van der Waals surface area contributed by atoms with E-state index < -0.39 is 0 Å². The van der Waals surface area contributed by atoms with Crippen molar-refractivity contribution in [3.63, 3.8) is 0 Å². The summed E-state index contributed by atoms with van der Waals surface area (Å²) in [6, 6.07) is 0. The molecule has 0 aliphatic carbocycles. The lowest BCUT2D eigenvalue weighted by atomic mass is 10.1. The highest BCUT2D eigenvalue weighted by molar-refractivity contribution is 5.78. The summed E-state index contributed by atoms with van der Waals surface area (Å²) in [6.07, 6.45) is 0. The van der Waals surface area contributed by atoms with Crippen molar-refractivity contribution in [3.05, 3.63) is 0 Å². The van der Waals surface area contributed by atoms with Gasteiger partial charge in [0.2, 0.25) is 0 Å². The molecule has 0 aromatic carbocycles. The molecule has 0 spiro atoms. The van der Waals surface area contributed by atoms with Gasteiger partial charge in [-0.15, -0.1) is 0 Å². The van der Waals surface area contributed by atoms with Crippen molar-refractivity contribution in [1.82, 2.24) is 0 Å². The topological polar surface area (TPSA) is 52.3 Å². The monoisotopic (exact) mass is 131 g/mol. The van der Waals surface area contributed by atoms with Crippen LogP contribution < -0.4 is 5.73 Å². The fourth-order valence-corrected chi connectivity index (χ4v) is 0.553. The van der Waals surface area contributed by atoms with E-state index in [-0.39, 0.29) is 11.7 Å². The number of carbonyl (C=O) groups is 1. The van der Waals surface area contributed by atoms with Crippen LogP contribution in [0.4, 0.5) is 0 Å². The van der Waals surface area contributed by atoms with Crippen molar-refractivity contribution < 1.29 is 9.53 Å². The van der Waals surface area contributed by atoms with Gasteiger partial charge in [0, 0.05) is 13.7 Å². The maximum atomic E-state index is 10.6. The van der Waals surface area contributed by atoms with Gasteiger partial charge in [0.25, 0.3) is 0 Å². The Bertz CT molecular complexity index is 93.1. The van der Waals surface area contributed by atoms with Gasteiger partial charge in [-0.3, -0.25) is 4.79 Å². The Balaban J connectivity index is 3.54. The standard InChI is InChI=1S/C6H13NO2/c1-5(8)6(3-7)4-9-2/h6H,3-4,7H2,1-2H3. The van der Waals surface area contributed by atoms with Crippen molar-refractivity contribution in [2.24, 2.45) is 11.7 Å². The van der Waals surface area contributed by atoms with Crippen LogP contribution in [0.3, 0.4) is 0 Å². The lowest BCUT2D eigenvalue weighted by Crippen LogP contribution is -2.25. The molecule has 1 atom stereocenters. The Hall–Kier alpha value is -0.410. The zero-order valence-corrected chi connectivity index (χ0v) is 5.89. The Morgan fingerprint density at radius 2 is 2.33 bits per heavy atom. The van der Waals surface area contributed by atoms with Crippen molar-refractivity contribution in [1.29, 1.82) is 0 Å². The van der Waals surface area contributed by atoms with Gasteiger partial charge in [-0.25, -0.2) is 0 Å². The van der Waals surface area contributed by atoms with Crippen LogP contribution in [0.2, 0.25) is 0 Å². The molecule has 0 saturated carbocycles. The zero-order valence-electron chi connectivity index (χ0n) is 5.89. The fourth-order valence-electron chi connectivity index (χ4n) is 0.553. The minimum atomic E-state index is -0.116. The Kier molecular flexibility index (Phi) is 4.26. The van der Waals surface area contributed by atoms with E-state index in [1.54, 1.807) is 7.11 Å². The van der Waals surface area contributed by atoms with Crippen LogP contribution in [-0.2, 0) is 9.53 Å². The molecule has 0 saturated heterocycles. The van der Waals surface area contributed by atoms with Gasteiger partial charge in [-0.1, -0.05) is 0 Å². The quantitative estimate of drug-likeness (QED) is 0.574. The summed E-state index contributed by atoms with van der Waals surface area (Å²) in [7, 11) is 1.56. The molecule has 0 amide bonds. The van der Waals surface area contributed by atoms with Crippen LogP contribution in [0.15, 0.2) is 0 Å². The molecule has 9 heavy (non-hydrogen) atoms. The largest absolute Gasteiger partial charge is 0.384 e. The molecular formula is C6H13NO2. The van der Waals surface area contributed by atoms with Gasteiger partial charge in [0.1, 0.15) is 5.78 Å². The molecule has 0 radical (unpaired) electrons. The van der Waals surface area contributed by atoms with Crippen molar-refractivity contribution >= 4 is 5.78 Å². The predicted molar refractivity (Wildman–Crippen MR) is 35.1 cm³/mol. The second-order valence-electron chi connectivity index (χ2n) is 2.00. The molecule has 2 N–H and O–H groups in total. The summed E-state index contributed by atoms with van der Waals surface area (Å²) >= 11 is 0. The third-order valence-electron chi connectivity index (χ3n) is 1.23. The number of Topliss-reactive ketones (excluding diaryl/α,β-unsaturated/α-hetero) is 1. The number of methoxy groups -OCH3 is 1. The van der Waals surface area contributed by atoms with E-state index in [0.717, 1.165) is 0 Å². The molecule has 0 bridgehead atoms. The van der Waals surface area contributed by atoms with Gasteiger partial charge in [-0.2, -0.15) is 0 Å². The second-order valence-corrected chi connectivity index (χ2v) is 2.00. The van der Waals surface area contributed by atoms with E-state index in [1.165, 1.54) is 6.92 Å². The van der Waals surface area contributed by atoms with Crippen LogP contribution in [0.1, 0.15) is 6.92 Å². The fraction of sp³-hybridized carbons (Fsp3) is 0.833. The predicted octanol–water partition coefficient (Wildman–Crippen LogP) is -0.203. The van der Waals surface area contributed by atoms with Gasteiger partial charge < -0.3 is 10.5 Å². The SMILES string of the molecule is COCC(CN)C(C)=O. The van der Waals surface area contributed by atoms with E-state index in [9.17, 15) is 4.79 Å². The highest BCUT2D eigenvalue weighted by Gasteiger charge is 2.10.